The number of fused-ring (bicyclic) bond motifs is 1. The van der Waals surface area contributed by atoms with Crippen LogP contribution < -0.4 is 5.73 Å². The van der Waals surface area contributed by atoms with E-state index in [4.69, 9.17) is 5.73 Å². The van der Waals surface area contributed by atoms with Crippen molar-refractivity contribution in [3.63, 3.8) is 0 Å². The van der Waals surface area contributed by atoms with Crippen molar-refractivity contribution >= 4 is 23.5 Å². The molecule has 0 spiro atoms. The Kier molecular flexibility index (Phi) is 6.29. The zero-order valence-electron chi connectivity index (χ0n) is 16.5. The summed E-state index contributed by atoms with van der Waals surface area (Å²) in [6.45, 7) is 7.70. The van der Waals surface area contributed by atoms with Gasteiger partial charge in [0.25, 0.3) is 5.91 Å². The largest absolute Gasteiger partial charge is 0.383 e. The fourth-order valence-electron chi connectivity index (χ4n) is 3.73. The van der Waals surface area contributed by atoms with Crippen LogP contribution in [0.15, 0.2) is 0 Å². The van der Waals surface area contributed by atoms with Crippen LogP contribution in [0.3, 0.4) is 0 Å². The predicted molar refractivity (Wildman–Crippen MR) is 98.0 cm³/mol. The quantitative estimate of drug-likeness (QED) is 0.665. The molecule has 2 fully saturated rings. The number of hydrogen-bond donors (Lipinski definition) is 2. The third kappa shape index (κ3) is 4.86. The topological polar surface area (TPSA) is 121 Å². The molecule has 1 radical (unpaired) electrons. The van der Waals surface area contributed by atoms with Gasteiger partial charge >= 0.3 is 0 Å². The van der Waals surface area contributed by atoms with Crippen LogP contribution in [0.1, 0.15) is 47.0 Å². The Bertz CT molecular complexity index is 627. The first-order valence-corrected chi connectivity index (χ1v) is 9.36. The van der Waals surface area contributed by atoms with Crippen molar-refractivity contribution in [2.24, 2.45) is 17.1 Å². The minimum atomic E-state index is -1.16. The smallest absolute Gasteiger partial charge is 0.252 e. The Hall–Kier alpha value is -1.96. The summed E-state index contributed by atoms with van der Waals surface area (Å²) < 4.78 is 0. The molecule has 0 saturated carbocycles. The van der Waals surface area contributed by atoms with Gasteiger partial charge in [-0.2, -0.15) is 0 Å². The van der Waals surface area contributed by atoms with E-state index < -0.39 is 35.9 Å². The number of amides is 3. The first-order chi connectivity index (χ1) is 12.4. The number of ketones is 1. The van der Waals surface area contributed by atoms with E-state index >= 15 is 0 Å². The zero-order valence-corrected chi connectivity index (χ0v) is 16.5. The summed E-state index contributed by atoms with van der Waals surface area (Å²) in [6.07, 6.45) is 1.22. The molecule has 151 valence electrons. The number of primary amides is 1. The normalized spacial score (nSPS) is 24.7. The number of Topliss-reactive ketones (excluding diaryl/α,β-unsaturated/α-hetero) is 1. The minimum absolute atomic E-state index is 0.0865. The van der Waals surface area contributed by atoms with E-state index in [0.29, 0.717) is 19.4 Å². The van der Waals surface area contributed by atoms with Crippen LogP contribution in [-0.4, -0.2) is 69.7 Å². The van der Waals surface area contributed by atoms with Gasteiger partial charge in [0.2, 0.25) is 11.8 Å². The van der Waals surface area contributed by atoms with E-state index in [1.165, 1.54) is 16.2 Å². The van der Waals surface area contributed by atoms with E-state index in [0.717, 1.165) is 0 Å². The van der Waals surface area contributed by atoms with Gasteiger partial charge in [-0.05, 0) is 24.7 Å². The standard InChI is InChI=1S/C19H30N3O5/c1-11(17(20)26)5-6-15(25)21-8-7-12-16(21)14(24)10-22(12)18(27)13(23)9-19(2,3)4/h6,11-13,16,23H,5,7-10H2,1-4H3,(H2,20,26). The molecule has 0 aromatic carbocycles. The van der Waals surface area contributed by atoms with Crippen molar-refractivity contribution in [3.8, 4) is 0 Å². The summed E-state index contributed by atoms with van der Waals surface area (Å²) in [4.78, 5) is 51.6. The highest BCUT2D eigenvalue weighted by molar-refractivity contribution is 5.99. The van der Waals surface area contributed by atoms with Crippen LogP contribution in [0, 0.1) is 17.8 Å². The maximum absolute atomic E-state index is 12.6. The molecule has 0 bridgehead atoms. The highest BCUT2D eigenvalue weighted by Gasteiger charge is 2.52. The zero-order chi connectivity index (χ0) is 20.5. The number of likely N-dealkylation sites (tertiary alicyclic amines) is 2. The molecule has 2 heterocycles. The molecule has 4 unspecified atom stereocenters. The third-order valence-corrected chi connectivity index (χ3v) is 5.21. The minimum Gasteiger partial charge on any atom is -0.383 e. The maximum Gasteiger partial charge on any atom is 0.252 e. The van der Waals surface area contributed by atoms with Gasteiger partial charge in [0.05, 0.1) is 19.0 Å². The monoisotopic (exact) mass is 380 g/mol. The molecule has 2 aliphatic rings. The summed E-state index contributed by atoms with van der Waals surface area (Å²) in [5.74, 6) is -1.92. The van der Waals surface area contributed by atoms with Gasteiger partial charge in [0.15, 0.2) is 5.78 Å². The Morgan fingerprint density at radius 3 is 2.48 bits per heavy atom. The number of hydrogen-bond acceptors (Lipinski definition) is 5. The SMILES string of the molecule is CC(C[CH]C(=O)N1CCC2C1C(=O)CN2C(=O)C(O)CC(C)(C)C)C(N)=O. The van der Waals surface area contributed by atoms with Gasteiger partial charge in [-0.15, -0.1) is 0 Å². The fraction of sp³-hybridized carbons (Fsp3) is 0.737. The van der Waals surface area contributed by atoms with Gasteiger partial charge in [-0.1, -0.05) is 27.7 Å². The molecule has 2 aliphatic heterocycles. The number of aliphatic hydroxyl groups excluding tert-OH is 1. The summed E-state index contributed by atoms with van der Waals surface area (Å²) in [5.41, 5.74) is 4.98. The van der Waals surface area contributed by atoms with Crippen molar-refractivity contribution in [1.29, 1.82) is 0 Å². The van der Waals surface area contributed by atoms with Crippen LogP contribution in [0.25, 0.3) is 0 Å². The molecule has 27 heavy (non-hydrogen) atoms. The average molecular weight is 380 g/mol. The van der Waals surface area contributed by atoms with Crippen molar-refractivity contribution in [1.82, 2.24) is 9.80 Å². The van der Waals surface area contributed by atoms with E-state index in [-0.39, 0.29) is 30.1 Å². The van der Waals surface area contributed by atoms with Crippen LogP contribution in [0.4, 0.5) is 0 Å². The number of rotatable bonds is 6. The van der Waals surface area contributed by atoms with E-state index in [1.54, 1.807) is 6.92 Å². The van der Waals surface area contributed by atoms with Crippen molar-refractivity contribution in [2.45, 2.75) is 65.1 Å². The second-order valence-electron chi connectivity index (χ2n) is 8.79. The molecule has 4 atom stereocenters. The molecule has 3 N–H and O–H groups in total. The molecule has 2 saturated heterocycles. The lowest BCUT2D eigenvalue weighted by Crippen LogP contribution is -2.46. The molecule has 3 amide bonds. The molecule has 0 aliphatic carbocycles. The molecule has 0 aromatic rings. The lowest BCUT2D eigenvalue weighted by atomic mass is 9.89. The van der Waals surface area contributed by atoms with Gasteiger partial charge in [0.1, 0.15) is 12.1 Å². The highest BCUT2D eigenvalue weighted by Crippen LogP contribution is 2.32. The molecular formula is C19H30N3O5. The molecule has 8 nitrogen and oxygen atoms in total. The average Bonchev–Trinajstić information content (AvgIpc) is 3.11. The molecular weight excluding hydrogens is 350 g/mol. The number of carbonyl (C=O) groups excluding carboxylic acids is 4. The number of nitrogens with two attached hydrogens (primary N) is 1. The lowest BCUT2D eigenvalue weighted by Gasteiger charge is -2.28. The van der Waals surface area contributed by atoms with Crippen LogP contribution in [-0.2, 0) is 19.2 Å². The van der Waals surface area contributed by atoms with Crippen LogP contribution in [0.5, 0.6) is 0 Å². The fourth-order valence-corrected chi connectivity index (χ4v) is 3.73. The number of aliphatic hydroxyl groups is 1. The van der Waals surface area contributed by atoms with Gasteiger partial charge in [-0.25, -0.2) is 0 Å². The van der Waals surface area contributed by atoms with E-state index in [1.807, 2.05) is 20.8 Å². The first kappa shape index (κ1) is 21.3. The lowest BCUT2D eigenvalue weighted by molar-refractivity contribution is -0.143. The number of nitrogens with zero attached hydrogens (tertiary/aromatic N) is 2. The van der Waals surface area contributed by atoms with Crippen molar-refractivity contribution in [2.75, 3.05) is 13.1 Å². The van der Waals surface area contributed by atoms with Gasteiger partial charge < -0.3 is 20.6 Å². The third-order valence-electron chi connectivity index (χ3n) is 5.21. The van der Waals surface area contributed by atoms with Crippen molar-refractivity contribution < 1.29 is 24.3 Å². The highest BCUT2D eigenvalue weighted by atomic mass is 16.3. The molecule has 0 aromatic heterocycles. The van der Waals surface area contributed by atoms with Gasteiger partial charge in [0, 0.05) is 12.5 Å². The number of carbonyl (C=O) groups is 4. The van der Waals surface area contributed by atoms with Crippen LogP contribution in [0.2, 0.25) is 0 Å². The van der Waals surface area contributed by atoms with E-state index in [2.05, 4.69) is 0 Å². The second-order valence-corrected chi connectivity index (χ2v) is 8.79. The molecule has 8 heteroatoms. The Balaban J connectivity index is 2.02. The summed E-state index contributed by atoms with van der Waals surface area (Å²) >= 11 is 0. The predicted octanol–water partition coefficient (Wildman–Crippen LogP) is -0.120. The van der Waals surface area contributed by atoms with Crippen LogP contribution >= 0.6 is 0 Å². The van der Waals surface area contributed by atoms with Crippen molar-refractivity contribution in [3.05, 3.63) is 6.42 Å². The second kappa shape index (κ2) is 7.96. The Morgan fingerprint density at radius 2 is 1.93 bits per heavy atom. The Labute approximate surface area is 160 Å². The first-order valence-electron chi connectivity index (χ1n) is 9.36. The summed E-state index contributed by atoms with van der Waals surface area (Å²) in [7, 11) is 0. The summed E-state index contributed by atoms with van der Waals surface area (Å²) in [6, 6.07) is -1.08. The Morgan fingerprint density at radius 1 is 1.30 bits per heavy atom. The van der Waals surface area contributed by atoms with E-state index in [9.17, 15) is 24.3 Å². The summed E-state index contributed by atoms with van der Waals surface area (Å²) in [5, 5.41) is 10.3. The molecule has 2 rings (SSSR count). The maximum atomic E-state index is 12.6. The van der Waals surface area contributed by atoms with Gasteiger partial charge in [-0.3, -0.25) is 19.2 Å².